The van der Waals surface area contributed by atoms with Gasteiger partial charge in [0.15, 0.2) is 23.3 Å². The highest BCUT2D eigenvalue weighted by Crippen LogP contribution is 2.38. The molecule has 0 saturated heterocycles. The second kappa shape index (κ2) is 8.09. The molecule has 3 aromatic rings. The molecule has 10 heteroatoms. The molecular weight excluding hydrogens is 427 g/mol. The van der Waals surface area contributed by atoms with Crippen molar-refractivity contribution in [3.05, 3.63) is 76.5 Å². The molecule has 0 aliphatic heterocycles. The first-order chi connectivity index (χ1) is 14.5. The standard InChI is InChI=1S/C21H16F7N3/c1-4-8-31-11(3)13(12-7-5-6-10(2)20(12)31)9-29-30-19-17(24)15(22)14(21(26,27)28)16(23)18(19)25/h4-7,9,30H,1,8H2,2-3H3/b29-9+. The summed E-state index contributed by atoms with van der Waals surface area (Å²) in [7, 11) is 0. The molecule has 0 amide bonds. The minimum Gasteiger partial charge on any atom is -0.340 e. The van der Waals surface area contributed by atoms with Gasteiger partial charge in [-0.25, -0.2) is 17.6 Å². The summed E-state index contributed by atoms with van der Waals surface area (Å²) in [6.07, 6.45) is -2.76. The van der Waals surface area contributed by atoms with Crippen LogP contribution < -0.4 is 5.43 Å². The summed E-state index contributed by atoms with van der Waals surface area (Å²) in [5, 5.41) is 4.36. The molecule has 0 aliphatic rings. The lowest BCUT2D eigenvalue weighted by Crippen LogP contribution is -2.16. The Morgan fingerprint density at radius 3 is 2.19 bits per heavy atom. The number of benzene rings is 2. The van der Waals surface area contributed by atoms with Crippen molar-refractivity contribution in [2.75, 3.05) is 5.43 Å². The lowest BCUT2D eigenvalue weighted by Gasteiger charge is -2.13. The summed E-state index contributed by atoms with van der Waals surface area (Å²) < 4.78 is 95.5. The van der Waals surface area contributed by atoms with E-state index in [0.717, 1.165) is 22.2 Å². The van der Waals surface area contributed by atoms with Crippen molar-refractivity contribution in [3.63, 3.8) is 0 Å². The quantitative estimate of drug-likeness (QED) is 0.158. The van der Waals surface area contributed by atoms with Crippen molar-refractivity contribution in [1.29, 1.82) is 0 Å². The molecule has 164 valence electrons. The Kier molecular flexibility index (Phi) is 5.84. The summed E-state index contributed by atoms with van der Waals surface area (Å²) in [6, 6.07) is 5.47. The van der Waals surface area contributed by atoms with Gasteiger partial charge in [0, 0.05) is 23.2 Å². The van der Waals surface area contributed by atoms with Crippen LogP contribution in [0, 0.1) is 37.1 Å². The van der Waals surface area contributed by atoms with Crippen LogP contribution in [0.4, 0.5) is 36.4 Å². The van der Waals surface area contributed by atoms with Crippen LogP contribution in [0.15, 0.2) is 36.0 Å². The van der Waals surface area contributed by atoms with E-state index in [9.17, 15) is 30.7 Å². The third-order valence-corrected chi connectivity index (χ3v) is 4.82. The summed E-state index contributed by atoms with van der Waals surface area (Å²) >= 11 is 0. The van der Waals surface area contributed by atoms with Crippen LogP contribution in [0.5, 0.6) is 0 Å². The zero-order chi connectivity index (χ0) is 23.1. The fourth-order valence-electron chi connectivity index (χ4n) is 3.40. The first kappa shape index (κ1) is 22.4. The highest BCUT2D eigenvalue weighted by molar-refractivity contribution is 6.02. The maximum Gasteiger partial charge on any atom is 0.422 e. The number of anilines is 1. The average molecular weight is 443 g/mol. The van der Waals surface area contributed by atoms with Crippen LogP contribution >= 0.6 is 0 Å². The molecule has 0 saturated carbocycles. The number of alkyl halides is 3. The van der Waals surface area contributed by atoms with Crippen molar-refractivity contribution >= 4 is 22.8 Å². The van der Waals surface area contributed by atoms with Crippen molar-refractivity contribution in [3.8, 4) is 0 Å². The Bertz CT molecular complexity index is 1180. The van der Waals surface area contributed by atoms with E-state index in [1.165, 1.54) is 6.21 Å². The number of fused-ring (bicyclic) bond motifs is 1. The number of aromatic nitrogens is 1. The van der Waals surface area contributed by atoms with Crippen LogP contribution in [-0.4, -0.2) is 10.8 Å². The molecule has 0 radical (unpaired) electrons. The SMILES string of the molecule is C=CCn1c(C)c(/C=N/Nc2c(F)c(F)c(C(F)(F)F)c(F)c2F)c2cccc(C)c21. The number of aryl methyl sites for hydroxylation is 1. The van der Waals surface area contributed by atoms with Crippen LogP contribution in [0.2, 0.25) is 0 Å². The molecule has 0 fully saturated rings. The van der Waals surface area contributed by atoms with Crippen LogP contribution in [0.25, 0.3) is 10.9 Å². The lowest BCUT2D eigenvalue weighted by atomic mass is 10.1. The summed E-state index contributed by atoms with van der Waals surface area (Å²) in [5.74, 6) is -9.58. The number of halogens is 7. The van der Waals surface area contributed by atoms with Gasteiger partial charge in [0.25, 0.3) is 0 Å². The second-order valence-electron chi connectivity index (χ2n) is 6.74. The fourth-order valence-corrected chi connectivity index (χ4v) is 3.40. The van der Waals surface area contributed by atoms with E-state index in [2.05, 4.69) is 11.7 Å². The maximum atomic E-state index is 14.0. The van der Waals surface area contributed by atoms with Crippen molar-refractivity contribution < 1.29 is 30.7 Å². The van der Waals surface area contributed by atoms with E-state index in [1.54, 1.807) is 30.6 Å². The molecule has 3 rings (SSSR count). The second-order valence-corrected chi connectivity index (χ2v) is 6.74. The number of nitrogens with zero attached hydrogens (tertiary/aromatic N) is 2. The molecule has 0 aliphatic carbocycles. The van der Waals surface area contributed by atoms with E-state index in [4.69, 9.17) is 0 Å². The molecule has 1 aromatic heterocycles. The Morgan fingerprint density at radius 1 is 1.03 bits per heavy atom. The molecule has 2 aromatic carbocycles. The minimum absolute atomic E-state index is 0.465. The van der Waals surface area contributed by atoms with E-state index in [0.29, 0.717) is 12.1 Å². The molecule has 1 N–H and O–H groups in total. The number of allylic oxidation sites excluding steroid dienone is 1. The van der Waals surface area contributed by atoms with E-state index in [-0.39, 0.29) is 0 Å². The molecule has 0 atom stereocenters. The maximum absolute atomic E-state index is 14.0. The van der Waals surface area contributed by atoms with Gasteiger partial charge >= 0.3 is 6.18 Å². The monoisotopic (exact) mass is 443 g/mol. The molecule has 0 unspecified atom stereocenters. The Hall–Kier alpha value is -3.30. The summed E-state index contributed by atoms with van der Waals surface area (Å²) in [6.45, 7) is 7.82. The van der Waals surface area contributed by atoms with Crippen molar-refractivity contribution in [2.24, 2.45) is 5.10 Å². The number of hydrogen-bond donors (Lipinski definition) is 1. The number of para-hydroxylation sites is 1. The van der Waals surface area contributed by atoms with Gasteiger partial charge in [-0.05, 0) is 19.4 Å². The molecule has 0 spiro atoms. The van der Waals surface area contributed by atoms with Crippen LogP contribution in [0.3, 0.4) is 0 Å². The number of rotatable bonds is 5. The minimum atomic E-state index is -5.61. The van der Waals surface area contributed by atoms with E-state index >= 15 is 0 Å². The highest BCUT2D eigenvalue weighted by Gasteiger charge is 2.42. The topological polar surface area (TPSA) is 29.3 Å². The first-order valence-electron chi connectivity index (χ1n) is 8.92. The van der Waals surface area contributed by atoms with Gasteiger partial charge in [-0.15, -0.1) is 6.58 Å². The molecule has 0 bridgehead atoms. The average Bonchev–Trinajstić information content (AvgIpc) is 2.95. The molecule has 1 heterocycles. The highest BCUT2D eigenvalue weighted by atomic mass is 19.4. The smallest absolute Gasteiger partial charge is 0.340 e. The molecule has 31 heavy (non-hydrogen) atoms. The number of hydrogen-bond acceptors (Lipinski definition) is 2. The van der Waals surface area contributed by atoms with Crippen LogP contribution in [0.1, 0.15) is 22.4 Å². The van der Waals surface area contributed by atoms with Gasteiger partial charge in [-0.1, -0.05) is 24.3 Å². The summed E-state index contributed by atoms with van der Waals surface area (Å²) in [5.41, 5.74) is 0.744. The van der Waals surface area contributed by atoms with E-state index < -0.39 is 40.7 Å². The van der Waals surface area contributed by atoms with E-state index in [1.807, 2.05) is 17.6 Å². The molecule has 3 nitrogen and oxygen atoms in total. The third-order valence-electron chi connectivity index (χ3n) is 4.82. The van der Waals surface area contributed by atoms with Gasteiger partial charge in [-0.3, -0.25) is 5.43 Å². The van der Waals surface area contributed by atoms with Crippen molar-refractivity contribution in [1.82, 2.24) is 4.57 Å². The largest absolute Gasteiger partial charge is 0.422 e. The summed E-state index contributed by atoms with van der Waals surface area (Å²) in [4.78, 5) is 0. The molecular formula is C21H16F7N3. The normalized spacial score (nSPS) is 12.2. The number of nitrogens with one attached hydrogen (secondary N) is 1. The Morgan fingerprint density at radius 2 is 1.65 bits per heavy atom. The van der Waals surface area contributed by atoms with Gasteiger partial charge in [0.1, 0.15) is 11.3 Å². The van der Waals surface area contributed by atoms with Gasteiger partial charge in [0.05, 0.1) is 11.7 Å². The zero-order valence-corrected chi connectivity index (χ0v) is 16.3. The Balaban J connectivity index is 2.06. The van der Waals surface area contributed by atoms with Gasteiger partial charge < -0.3 is 4.57 Å². The zero-order valence-electron chi connectivity index (χ0n) is 16.3. The van der Waals surface area contributed by atoms with Crippen molar-refractivity contribution in [2.45, 2.75) is 26.6 Å². The third kappa shape index (κ3) is 3.77. The van der Waals surface area contributed by atoms with Gasteiger partial charge in [-0.2, -0.15) is 18.3 Å². The number of hydrazone groups is 1. The van der Waals surface area contributed by atoms with Gasteiger partial charge in [0.2, 0.25) is 0 Å². The van der Waals surface area contributed by atoms with Crippen LogP contribution in [-0.2, 0) is 12.7 Å². The Labute approximate surface area is 172 Å². The predicted octanol–water partition coefficient (Wildman–Crippen LogP) is 6.47. The lowest BCUT2D eigenvalue weighted by molar-refractivity contribution is -0.143. The first-order valence-corrected chi connectivity index (χ1v) is 8.92. The predicted molar refractivity (Wildman–Crippen MR) is 104 cm³/mol. The fraction of sp³-hybridized carbons (Fsp3) is 0.190.